The second kappa shape index (κ2) is 11.1. The summed E-state index contributed by atoms with van der Waals surface area (Å²) in [5, 5.41) is 18.8. The predicted molar refractivity (Wildman–Crippen MR) is 134 cm³/mol. The van der Waals surface area contributed by atoms with Gasteiger partial charge < -0.3 is 9.68 Å². The summed E-state index contributed by atoms with van der Waals surface area (Å²) in [6.45, 7) is 4.54. The number of fused-ring (bicyclic) bond motifs is 2. The second-order valence-electron chi connectivity index (χ2n) is 8.32. The molecule has 2 heterocycles. The van der Waals surface area contributed by atoms with E-state index >= 15 is 0 Å². The molecular weight excluding hydrogens is 430 g/mol. The number of aromatic nitrogens is 2. The van der Waals surface area contributed by atoms with Gasteiger partial charge in [0.25, 0.3) is 0 Å². The maximum atomic E-state index is 9.29. The molecule has 0 atom stereocenters. The fourth-order valence-electron chi connectivity index (χ4n) is 4.44. The Morgan fingerprint density at radius 3 is 2.85 bits per heavy atom. The molecule has 8 heteroatoms. The van der Waals surface area contributed by atoms with Crippen molar-refractivity contribution in [2.75, 3.05) is 19.2 Å². The van der Waals surface area contributed by atoms with Crippen molar-refractivity contribution >= 4 is 28.0 Å². The number of anilines is 1. The first kappa shape index (κ1) is 23.6. The molecule has 0 saturated heterocycles. The van der Waals surface area contributed by atoms with Gasteiger partial charge in [-0.25, -0.2) is 4.98 Å². The second-order valence-corrected chi connectivity index (χ2v) is 8.32. The van der Waals surface area contributed by atoms with Gasteiger partial charge in [-0.1, -0.05) is 23.3 Å². The topological polar surface area (TPSA) is 101 Å². The molecule has 0 amide bonds. The monoisotopic (exact) mass is 461 g/mol. The highest BCUT2D eigenvalue weighted by molar-refractivity contribution is 6.03. The average molecular weight is 462 g/mol. The summed E-state index contributed by atoms with van der Waals surface area (Å²) in [5.74, 6) is 0. The number of rotatable bonds is 9. The van der Waals surface area contributed by atoms with Crippen molar-refractivity contribution in [2.45, 2.75) is 52.4 Å². The molecule has 2 N–H and O–H groups in total. The van der Waals surface area contributed by atoms with Crippen molar-refractivity contribution in [3.05, 3.63) is 64.6 Å². The van der Waals surface area contributed by atoms with E-state index in [-0.39, 0.29) is 0 Å². The molecule has 8 nitrogen and oxygen atoms in total. The Bertz CT molecular complexity index is 1220. The largest absolute Gasteiger partial charge is 0.399 e. The molecule has 4 rings (SSSR count). The molecule has 0 spiro atoms. The maximum Gasteiger partial charge on any atom is 0.117 e. The summed E-state index contributed by atoms with van der Waals surface area (Å²) < 4.78 is 0. The van der Waals surface area contributed by atoms with Crippen LogP contribution in [-0.4, -0.2) is 40.3 Å². The fourth-order valence-corrected chi connectivity index (χ4v) is 4.44. The quantitative estimate of drug-likeness (QED) is 0.263. The van der Waals surface area contributed by atoms with E-state index in [1.54, 1.807) is 0 Å². The molecular formula is C26H31N5O3. The van der Waals surface area contributed by atoms with Gasteiger partial charge in [-0.15, -0.1) is 0 Å². The molecule has 1 aromatic carbocycles. The summed E-state index contributed by atoms with van der Waals surface area (Å²) in [7, 11) is 1.53. The van der Waals surface area contributed by atoms with Crippen molar-refractivity contribution < 1.29 is 14.9 Å². The van der Waals surface area contributed by atoms with E-state index < -0.39 is 0 Å². The van der Waals surface area contributed by atoms with Crippen LogP contribution in [0.25, 0.3) is 10.9 Å². The molecule has 1 aliphatic rings. The number of hydrogen-bond donors (Lipinski definition) is 2. The highest BCUT2D eigenvalue weighted by Gasteiger charge is 2.22. The van der Waals surface area contributed by atoms with Gasteiger partial charge >= 0.3 is 0 Å². The van der Waals surface area contributed by atoms with Crippen molar-refractivity contribution in [1.82, 2.24) is 9.97 Å². The van der Waals surface area contributed by atoms with Gasteiger partial charge in [0.05, 0.1) is 22.6 Å². The summed E-state index contributed by atoms with van der Waals surface area (Å²) in [6, 6.07) is 11.6. The summed E-state index contributed by atoms with van der Waals surface area (Å²) in [5.41, 5.74) is 10.7. The van der Waals surface area contributed by atoms with E-state index in [2.05, 4.69) is 27.7 Å². The van der Waals surface area contributed by atoms with Gasteiger partial charge in [-0.2, -0.15) is 0 Å². The molecule has 0 radical (unpaired) electrons. The predicted octanol–water partition coefficient (Wildman–Crippen LogP) is 5.05. The number of hydrogen-bond acceptors (Lipinski definition) is 8. The van der Waals surface area contributed by atoms with E-state index in [9.17, 15) is 5.21 Å². The van der Waals surface area contributed by atoms with Crippen molar-refractivity contribution in [1.29, 1.82) is 0 Å². The van der Waals surface area contributed by atoms with Crippen LogP contribution in [0.5, 0.6) is 0 Å². The summed E-state index contributed by atoms with van der Waals surface area (Å²) in [6.07, 6.45) is 5.34. The molecule has 1 aliphatic carbocycles. The van der Waals surface area contributed by atoms with Crippen molar-refractivity contribution in [3.8, 4) is 0 Å². The van der Waals surface area contributed by atoms with Crippen LogP contribution in [0.2, 0.25) is 0 Å². The van der Waals surface area contributed by atoms with Crippen LogP contribution >= 0.6 is 0 Å². The van der Waals surface area contributed by atoms with E-state index in [1.165, 1.54) is 18.2 Å². The van der Waals surface area contributed by atoms with Gasteiger partial charge in [0, 0.05) is 11.1 Å². The minimum absolute atomic E-state index is 0.510. The molecule has 2 aromatic heterocycles. The van der Waals surface area contributed by atoms with Gasteiger partial charge in [0.2, 0.25) is 0 Å². The molecule has 0 saturated carbocycles. The van der Waals surface area contributed by atoms with Gasteiger partial charge in [0.1, 0.15) is 25.1 Å². The zero-order valence-electron chi connectivity index (χ0n) is 20.0. The number of nitrogens with one attached hydrogen (secondary N) is 1. The third kappa shape index (κ3) is 5.17. The van der Waals surface area contributed by atoms with E-state index in [0.29, 0.717) is 12.3 Å². The maximum absolute atomic E-state index is 9.29. The Labute approximate surface area is 199 Å². The van der Waals surface area contributed by atoms with E-state index in [1.807, 2.05) is 43.3 Å². The lowest BCUT2D eigenvalue weighted by atomic mass is 9.87. The number of aryl methyl sites for hydroxylation is 2. The summed E-state index contributed by atoms with van der Waals surface area (Å²) in [4.78, 5) is 20.1. The van der Waals surface area contributed by atoms with Crippen molar-refractivity contribution in [3.63, 3.8) is 0 Å². The van der Waals surface area contributed by atoms with Crippen LogP contribution in [0.3, 0.4) is 0 Å². The fraction of sp³-hybridized carbons (Fsp3) is 0.385. The Balaban J connectivity index is 1.45. The van der Waals surface area contributed by atoms with Gasteiger partial charge in [0.15, 0.2) is 0 Å². The van der Waals surface area contributed by atoms with Crippen LogP contribution in [-0.2, 0) is 28.9 Å². The van der Waals surface area contributed by atoms with E-state index in [4.69, 9.17) is 14.7 Å². The van der Waals surface area contributed by atoms with Gasteiger partial charge in [-0.05, 0) is 86.9 Å². The number of benzene rings is 1. The van der Waals surface area contributed by atoms with E-state index in [0.717, 1.165) is 77.9 Å². The SMILES string of the molecule is CCc1c2c(nc3ccc(NO)cc13)/C(=N/OCCCc1cccc(/C(C)=N/OC)n1)CCC2. The van der Waals surface area contributed by atoms with Crippen LogP contribution in [0.15, 0.2) is 46.7 Å². The third-order valence-corrected chi connectivity index (χ3v) is 6.05. The smallest absolute Gasteiger partial charge is 0.117 e. The first-order chi connectivity index (χ1) is 16.6. The van der Waals surface area contributed by atoms with Crippen molar-refractivity contribution in [2.24, 2.45) is 10.3 Å². The Kier molecular flexibility index (Phi) is 7.69. The molecule has 0 fully saturated rings. The van der Waals surface area contributed by atoms with Crippen LogP contribution in [0.4, 0.5) is 5.69 Å². The molecule has 3 aromatic rings. The molecule has 178 valence electrons. The zero-order valence-corrected chi connectivity index (χ0v) is 20.0. The number of pyridine rings is 2. The van der Waals surface area contributed by atoms with Gasteiger partial charge in [-0.3, -0.25) is 15.7 Å². The van der Waals surface area contributed by atoms with Crippen LogP contribution in [0, 0.1) is 0 Å². The average Bonchev–Trinajstić information content (AvgIpc) is 2.87. The number of nitrogens with zero attached hydrogens (tertiary/aromatic N) is 4. The zero-order chi connectivity index (χ0) is 23.9. The Morgan fingerprint density at radius 2 is 2.06 bits per heavy atom. The highest BCUT2D eigenvalue weighted by Crippen LogP contribution is 2.31. The highest BCUT2D eigenvalue weighted by atomic mass is 16.6. The standard InChI is InChI=1S/C26H31N5O3/c1-4-20-21-10-6-12-25(26(21)28-24-14-13-19(29-32)16-22(20)24)31-34-15-7-9-18-8-5-11-23(27-18)17(2)30-33-3/h5,8,11,13-14,16,29,32H,4,6-7,9-10,12,15H2,1-3H3/b30-17+,31-25+. The molecule has 34 heavy (non-hydrogen) atoms. The summed E-state index contributed by atoms with van der Waals surface area (Å²) >= 11 is 0. The first-order valence-electron chi connectivity index (χ1n) is 11.7. The minimum atomic E-state index is 0.510. The first-order valence-corrected chi connectivity index (χ1v) is 11.7. The van der Waals surface area contributed by atoms with Crippen LogP contribution in [0.1, 0.15) is 61.3 Å². The Hall–Kier alpha value is -3.52. The third-order valence-electron chi connectivity index (χ3n) is 6.05. The molecule has 0 unspecified atom stereocenters. The lowest BCUT2D eigenvalue weighted by molar-refractivity contribution is 0.141. The Morgan fingerprint density at radius 1 is 1.18 bits per heavy atom. The molecule has 0 bridgehead atoms. The number of oxime groups is 2. The lowest BCUT2D eigenvalue weighted by Crippen LogP contribution is -2.17. The lowest BCUT2D eigenvalue weighted by Gasteiger charge is -2.21. The normalized spacial score (nSPS) is 14.8. The minimum Gasteiger partial charge on any atom is -0.399 e. The molecule has 0 aliphatic heterocycles. The van der Waals surface area contributed by atoms with Crippen LogP contribution < -0.4 is 5.48 Å².